The predicted octanol–water partition coefficient (Wildman–Crippen LogP) is 3.57. The largest absolute Gasteiger partial charge is 0.505 e. The average molecular weight is 356 g/mol. The number of pyridine rings is 1. The van der Waals surface area contributed by atoms with Crippen LogP contribution in [0.1, 0.15) is 24.1 Å². The Kier molecular flexibility index (Phi) is 4.81. The molecule has 5 heteroatoms. The first kappa shape index (κ1) is 17.3. The Hall–Kier alpha value is -2.14. The lowest BCUT2D eigenvalue weighted by atomic mass is 10.0. The Morgan fingerprint density at radius 3 is 2.62 bits per heavy atom. The first-order valence-electron chi connectivity index (χ1n) is 9.36. The molecule has 4 nitrogen and oxygen atoms in total. The van der Waals surface area contributed by atoms with Crippen LogP contribution in [0.2, 0.25) is 0 Å². The monoisotopic (exact) mass is 356 g/mol. The second kappa shape index (κ2) is 7.23. The van der Waals surface area contributed by atoms with Gasteiger partial charge in [-0.05, 0) is 67.9 Å². The molecule has 138 valence electrons. The number of nitrogens with zero attached hydrogens (tertiary/aromatic N) is 2. The zero-order valence-electron chi connectivity index (χ0n) is 15.1. The Morgan fingerprint density at radius 1 is 1.19 bits per heavy atom. The molecule has 1 saturated carbocycles. The van der Waals surface area contributed by atoms with Crippen LogP contribution in [0.25, 0.3) is 0 Å². The highest BCUT2D eigenvalue weighted by atomic mass is 19.1. The minimum atomic E-state index is -0.536. The molecule has 1 N–H and O–H groups in total. The second-order valence-electron chi connectivity index (χ2n) is 7.66. The van der Waals surface area contributed by atoms with E-state index in [1.54, 1.807) is 6.07 Å². The van der Waals surface area contributed by atoms with Crippen molar-refractivity contribution in [3.63, 3.8) is 0 Å². The van der Waals surface area contributed by atoms with Gasteiger partial charge in [0.1, 0.15) is 5.75 Å². The molecule has 4 rings (SSSR count). The number of rotatable bonds is 5. The van der Waals surface area contributed by atoms with Gasteiger partial charge in [-0.1, -0.05) is 6.07 Å². The quantitative estimate of drug-likeness (QED) is 0.890. The lowest BCUT2D eigenvalue weighted by Gasteiger charge is -2.19. The molecule has 2 aliphatic rings. The van der Waals surface area contributed by atoms with Gasteiger partial charge in [-0.25, -0.2) is 4.39 Å². The summed E-state index contributed by atoms with van der Waals surface area (Å²) < 4.78 is 19.5. The first-order chi connectivity index (χ1) is 12.6. The maximum Gasteiger partial charge on any atom is 0.165 e. The number of ether oxygens (including phenoxy) is 1. The first-order valence-corrected chi connectivity index (χ1v) is 9.36. The van der Waals surface area contributed by atoms with Gasteiger partial charge in [-0.15, -0.1) is 0 Å². The van der Waals surface area contributed by atoms with Crippen LogP contribution >= 0.6 is 0 Å². The van der Waals surface area contributed by atoms with Gasteiger partial charge in [-0.3, -0.25) is 4.98 Å². The number of benzene rings is 1. The summed E-state index contributed by atoms with van der Waals surface area (Å²) >= 11 is 0. The Morgan fingerprint density at radius 2 is 1.96 bits per heavy atom. The van der Waals surface area contributed by atoms with E-state index < -0.39 is 5.82 Å². The van der Waals surface area contributed by atoms with Crippen molar-refractivity contribution in [3.8, 4) is 11.5 Å². The summed E-state index contributed by atoms with van der Waals surface area (Å²) in [6.45, 7) is 5.10. The molecule has 0 radical (unpaired) electrons. The van der Waals surface area contributed by atoms with Gasteiger partial charge in [0.05, 0.1) is 12.3 Å². The number of fused-ring (bicyclic) bond motifs is 1. The maximum absolute atomic E-state index is 13.4. The molecule has 0 unspecified atom stereocenters. The lowest BCUT2D eigenvalue weighted by molar-refractivity contribution is 0.185. The normalized spacial score (nSPS) is 25.4. The number of hydrogen-bond acceptors (Lipinski definition) is 4. The molecule has 1 aromatic heterocycles. The predicted molar refractivity (Wildman–Crippen MR) is 97.8 cm³/mol. The molecule has 3 atom stereocenters. The van der Waals surface area contributed by atoms with E-state index in [1.165, 1.54) is 12.1 Å². The van der Waals surface area contributed by atoms with E-state index in [0.717, 1.165) is 55.9 Å². The van der Waals surface area contributed by atoms with Crippen LogP contribution in [-0.2, 0) is 6.42 Å². The topological polar surface area (TPSA) is 45.6 Å². The van der Waals surface area contributed by atoms with Gasteiger partial charge in [0.15, 0.2) is 11.6 Å². The summed E-state index contributed by atoms with van der Waals surface area (Å²) in [5.41, 5.74) is 1.94. The van der Waals surface area contributed by atoms with Crippen molar-refractivity contribution in [2.75, 3.05) is 19.6 Å². The van der Waals surface area contributed by atoms with E-state index >= 15 is 0 Å². The standard InChI is InChI=1S/C21H25FN2O2/c1-14-2-4-18(11-23-14)26-19-9-16-12-24(13-17(16)10-19)7-6-15-3-5-21(25)20(22)8-15/h2-5,8,11,16-17,19,25H,6-7,9-10,12-13H2,1H3/t16-,17+,19+. The van der Waals surface area contributed by atoms with Crippen LogP contribution in [0.5, 0.6) is 11.5 Å². The highest BCUT2D eigenvalue weighted by molar-refractivity contribution is 5.28. The third-order valence-corrected chi connectivity index (χ3v) is 5.70. The van der Waals surface area contributed by atoms with Crippen LogP contribution in [-0.4, -0.2) is 40.7 Å². The van der Waals surface area contributed by atoms with Crippen molar-refractivity contribution >= 4 is 0 Å². The number of likely N-dealkylation sites (tertiary alicyclic amines) is 1. The number of halogens is 1. The molecule has 1 aromatic carbocycles. The smallest absolute Gasteiger partial charge is 0.165 e. The van der Waals surface area contributed by atoms with Gasteiger partial charge < -0.3 is 14.7 Å². The van der Waals surface area contributed by atoms with Gasteiger partial charge in [0.25, 0.3) is 0 Å². The van der Waals surface area contributed by atoms with Gasteiger partial charge in [0.2, 0.25) is 0 Å². The van der Waals surface area contributed by atoms with Crippen LogP contribution in [0, 0.1) is 24.6 Å². The highest BCUT2D eigenvalue weighted by Gasteiger charge is 2.41. The highest BCUT2D eigenvalue weighted by Crippen LogP contribution is 2.39. The number of aryl methyl sites for hydroxylation is 1. The van der Waals surface area contributed by atoms with Gasteiger partial charge in [-0.2, -0.15) is 0 Å². The van der Waals surface area contributed by atoms with Crippen LogP contribution < -0.4 is 4.74 Å². The van der Waals surface area contributed by atoms with Gasteiger partial charge >= 0.3 is 0 Å². The number of hydrogen-bond donors (Lipinski definition) is 1. The summed E-state index contributed by atoms with van der Waals surface area (Å²) in [6, 6.07) is 8.66. The lowest BCUT2D eigenvalue weighted by Crippen LogP contribution is -2.26. The van der Waals surface area contributed by atoms with E-state index in [2.05, 4.69) is 9.88 Å². The van der Waals surface area contributed by atoms with Crippen molar-refractivity contribution < 1.29 is 14.2 Å². The summed E-state index contributed by atoms with van der Waals surface area (Å²) in [6.07, 6.45) is 5.12. The third-order valence-electron chi connectivity index (χ3n) is 5.70. The van der Waals surface area contributed by atoms with Crippen molar-refractivity contribution in [2.45, 2.75) is 32.3 Å². The van der Waals surface area contributed by atoms with E-state index in [4.69, 9.17) is 4.74 Å². The fourth-order valence-corrected chi connectivity index (χ4v) is 4.33. The van der Waals surface area contributed by atoms with Crippen LogP contribution in [0.15, 0.2) is 36.5 Å². The van der Waals surface area contributed by atoms with E-state index in [1.807, 2.05) is 25.3 Å². The molecular formula is C21H25FN2O2. The fourth-order valence-electron chi connectivity index (χ4n) is 4.33. The molecule has 1 aliphatic heterocycles. The Balaban J connectivity index is 1.25. The van der Waals surface area contributed by atoms with Crippen molar-refractivity contribution in [2.24, 2.45) is 11.8 Å². The second-order valence-corrected chi connectivity index (χ2v) is 7.66. The van der Waals surface area contributed by atoms with Gasteiger partial charge in [0, 0.05) is 25.3 Å². The summed E-state index contributed by atoms with van der Waals surface area (Å²) in [4.78, 5) is 6.77. The van der Waals surface area contributed by atoms with Crippen molar-refractivity contribution in [1.82, 2.24) is 9.88 Å². The van der Waals surface area contributed by atoms with Crippen LogP contribution in [0.3, 0.4) is 0 Å². The van der Waals surface area contributed by atoms with E-state index in [-0.39, 0.29) is 5.75 Å². The Labute approximate surface area is 153 Å². The molecule has 2 fully saturated rings. The zero-order valence-corrected chi connectivity index (χ0v) is 15.1. The zero-order chi connectivity index (χ0) is 18.1. The number of aromatic nitrogens is 1. The molecule has 1 aliphatic carbocycles. The summed E-state index contributed by atoms with van der Waals surface area (Å²) in [5, 5.41) is 9.28. The molecule has 2 heterocycles. The van der Waals surface area contributed by atoms with Crippen molar-refractivity contribution in [1.29, 1.82) is 0 Å². The maximum atomic E-state index is 13.4. The molecule has 0 bridgehead atoms. The number of phenolic OH excluding ortho intramolecular Hbond substituents is 1. The van der Waals surface area contributed by atoms with E-state index in [0.29, 0.717) is 17.9 Å². The average Bonchev–Trinajstić information content (AvgIpc) is 3.16. The van der Waals surface area contributed by atoms with Crippen molar-refractivity contribution in [3.05, 3.63) is 53.6 Å². The fraction of sp³-hybridized carbons (Fsp3) is 0.476. The molecular weight excluding hydrogens is 331 g/mol. The minimum Gasteiger partial charge on any atom is -0.505 e. The number of aromatic hydroxyl groups is 1. The number of phenols is 1. The summed E-state index contributed by atoms with van der Waals surface area (Å²) in [5.74, 6) is 1.43. The third kappa shape index (κ3) is 3.83. The molecule has 26 heavy (non-hydrogen) atoms. The SMILES string of the molecule is Cc1ccc(O[C@H]2C[C@@H]3CN(CCc4ccc(O)c(F)c4)C[C@@H]3C2)cn1. The van der Waals surface area contributed by atoms with E-state index in [9.17, 15) is 9.50 Å². The molecule has 0 spiro atoms. The molecule has 2 aromatic rings. The van der Waals surface area contributed by atoms with Crippen LogP contribution in [0.4, 0.5) is 4.39 Å². The molecule has 0 amide bonds. The summed E-state index contributed by atoms with van der Waals surface area (Å²) in [7, 11) is 0. The minimum absolute atomic E-state index is 0.278. The molecule has 1 saturated heterocycles. The Bertz CT molecular complexity index is 751.